The number of rotatable bonds is 2. The van der Waals surface area contributed by atoms with Gasteiger partial charge in [-0.3, -0.25) is 4.79 Å². The van der Waals surface area contributed by atoms with Crippen molar-refractivity contribution in [2.45, 2.75) is 26.2 Å². The van der Waals surface area contributed by atoms with Crippen LogP contribution in [0.5, 0.6) is 0 Å². The first-order valence-electron chi connectivity index (χ1n) is 7.38. The van der Waals surface area contributed by atoms with Crippen molar-refractivity contribution in [3.05, 3.63) is 57.6 Å². The Bertz CT molecular complexity index is 886. The molecule has 0 unspecified atom stereocenters. The van der Waals surface area contributed by atoms with E-state index in [1.54, 1.807) is 12.1 Å². The lowest BCUT2D eigenvalue weighted by Gasteiger charge is -2.19. The largest absolute Gasteiger partial charge is 0.354 e. The van der Waals surface area contributed by atoms with Crippen LogP contribution >= 0.6 is 23.2 Å². The number of H-pyrrole nitrogens is 1. The van der Waals surface area contributed by atoms with Crippen LogP contribution in [0.4, 0.5) is 0 Å². The monoisotopic (exact) mass is 345 g/mol. The number of nitrogens with one attached hydrogen (secondary N) is 1. The highest BCUT2D eigenvalue weighted by molar-refractivity contribution is 6.39. The van der Waals surface area contributed by atoms with Crippen molar-refractivity contribution in [1.82, 2.24) is 4.98 Å². The average molecular weight is 346 g/mol. The normalized spacial score (nSPS) is 11.9. The molecule has 2 aromatic carbocycles. The Morgan fingerprint density at radius 2 is 1.70 bits per heavy atom. The van der Waals surface area contributed by atoms with Gasteiger partial charge in [0.25, 0.3) is 0 Å². The molecule has 3 rings (SSSR count). The molecule has 0 saturated heterocycles. The highest BCUT2D eigenvalue weighted by Crippen LogP contribution is 2.36. The van der Waals surface area contributed by atoms with Gasteiger partial charge in [0.1, 0.15) is 0 Å². The van der Waals surface area contributed by atoms with E-state index in [9.17, 15) is 4.79 Å². The molecular formula is C19H17Cl2NO. The van der Waals surface area contributed by atoms with Gasteiger partial charge >= 0.3 is 0 Å². The molecule has 4 heteroatoms. The Labute approximate surface area is 145 Å². The Balaban J connectivity index is 2.20. The number of aromatic nitrogens is 1. The average Bonchev–Trinajstić information content (AvgIpc) is 2.85. The quantitative estimate of drug-likeness (QED) is 0.547. The van der Waals surface area contributed by atoms with Crippen LogP contribution in [0.25, 0.3) is 22.2 Å². The molecule has 2 nitrogen and oxygen atoms in total. The van der Waals surface area contributed by atoms with Crippen molar-refractivity contribution >= 4 is 40.4 Å². The number of fused-ring (bicyclic) bond motifs is 1. The van der Waals surface area contributed by atoms with Crippen LogP contribution in [0.2, 0.25) is 10.0 Å². The number of hydrogen-bond donors (Lipinski definition) is 1. The topological polar surface area (TPSA) is 32.9 Å². The molecule has 0 amide bonds. The zero-order valence-electron chi connectivity index (χ0n) is 13.2. The summed E-state index contributed by atoms with van der Waals surface area (Å²) in [5.74, 6) is 0. The van der Waals surface area contributed by atoms with Crippen molar-refractivity contribution in [3.8, 4) is 11.3 Å². The second kappa shape index (κ2) is 5.70. The molecule has 0 saturated carbocycles. The number of halogens is 2. The maximum atomic E-state index is 11.6. The van der Waals surface area contributed by atoms with Gasteiger partial charge in [0, 0.05) is 21.5 Å². The van der Waals surface area contributed by atoms with Crippen LogP contribution < -0.4 is 0 Å². The molecule has 23 heavy (non-hydrogen) atoms. The molecule has 1 aromatic heterocycles. The highest BCUT2D eigenvalue weighted by atomic mass is 35.5. The van der Waals surface area contributed by atoms with Gasteiger partial charge in [0.2, 0.25) is 0 Å². The Morgan fingerprint density at radius 3 is 2.26 bits per heavy atom. The lowest BCUT2D eigenvalue weighted by Crippen LogP contribution is -2.10. The summed E-state index contributed by atoms with van der Waals surface area (Å²) in [7, 11) is 0. The van der Waals surface area contributed by atoms with Gasteiger partial charge < -0.3 is 4.98 Å². The van der Waals surface area contributed by atoms with E-state index >= 15 is 0 Å². The zero-order valence-corrected chi connectivity index (χ0v) is 14.7. The summed E-state index contributed by atoms with van der Waals surface area (Å²) in [5, 5.41) is 1.72. The van der Waals surface area contributed by atoms with Gasteiger partial charge in [-0.25, -0.2) is 0 Å². The summed E-state index contributed by atoms with van der Waals surface area (Å²) in [6.45, 7) is 6.51. The number of aldehydes is 1. The van der Waals surface area contributed by atoms with E-state index < -0.39 is 0 Å². The minimum atomic E-state index is 0.0866. The summed E-state index contributed by atoms with van der Waals surface area (Å²) < 4.78 is 0. The van der Waals surface area contributed by atoms with Crippen molar-refractivity contribution in [2.75, 3.05) is 0 Å². The van der Waals surface area contributed by atoms with Crippen LogP contribution in [0.1, 0.15) is 36.7 Å². The van der Waals surface area contributed by atoms with Gasteiger partial charge in [-0.05, 0) is 28.7 Å². The molecule has 0 aliphatic heterocycles. The summed E-state index contributed by atoms with van der Waals surface area (Å²) in [5.41, 5.74) is 4.36. The Morgan fingerprint density at radius 1 is 1.04 bits per heavy atom. The molecule has 0 aliphatic rings. The third-order valence-electron chi connectivity index (χ3n) is 4.01. The molecule has 3 aromatic rings. The van der Waals surface area contributed by atoms with E-state index in [2.05, 4.69) is 37.9 Å². The van der Waals surface area contributed by atoms with Gasteiger partial charge in [0.15, 0.2) is 6.29 Å². The first-order valence-corrected chi connectivity index (χ1v) is 8.13. The van der Waals surface area contributed by atoms with E-state index in [1.807, 2.05) is 12.1 Å². The van der Waals surface area contributed by atoms with Gasteiger partial charge in [0.05, 0.1) is 10.7 Å². The summed E-state index contributed by atoms with van der Waals surface area (Å²) in [6, 6.07) is 11.6. The standard InChI is InChI=1S/C19H17Cl2NO/c1-19(2,3)12-6-4-11(5-7-12)18-14(10-23)17-15(21)8-13(20)9-16(17)22-18/h4-10,22H,1-3H3. The molecule has 0 radical (unpaired) electrons. The van der Waals surface area contributed by atoms with Gasteiger partial charge in [-0.1, -0.05) is 68.2 Å². The minimum absolute atomic E-state index is 0.0866. The molecule has 0 atom stereocenters. The van der Waals surface area contributed by atoms with E-state index in [-0.39, 0.29) is 5.41 Å². The van der Waals surface area contributed by atoms with Crippen LogP contribution in [0.15, 0.2) is 36.4 Å². The highest BCUT2D eigenvalue weighted by Gasteiger charge is 2.17. The maximum absolute atomic E-state index is 11.6. The molecule has 1 heterocycles. The van der Waals surface area contributed by atoms with E-state index in [1.165, 1.54) is 5.56 Å². The smallest absolute Gasteiger partial charge is 0.152 e. The van der Waals surface area contributed by atoms with E-state index in [0.29, 0.717) is 21.0 Å². The summed E-state index contributed by atoms with van der Waals surface area (Å²) in [4.78, 5) is 14.9. The molecule has 118 valence electrons. The van der Waals surface area contributed by atoms with Crippen molar-refractivity contribution < 1.29 is 4.79 Å². The van der Waals surface area contributed by atoms with Gasteiger partial charge in [-0.15, -0.1) is 0 Å². The number of carbonyl (C=O) groups excluding carboxylic acids is 1. The SMILES string of the molecule is CC(C)(C)c1ccc(-c2[nH]c3cc(Cl)cc(Cl)c3c2C=O)cc1. The minimum Gasteiger partial charge on any atom is -0.354 e. The fourth-order valence-corrected chi connectivity index (χ4v) is 3.35. The first-order chi connectivity index (χ1) is 10.8. The predicted octanol–water partition coefficient (Wildman–Crippen LogP) is 6.25. The van der Waals surface area contributed by atoms with Crippen LogP contribution in [0.3, 0.4) is 0 Å². The fourth-order valence-electron chi connectivity index (χ4n) is 2.76. The van der Waals surface area contributed by atoms with Gasteiger partial charge in [-0.2, -0.15) is 0 Å². The summed E-state index contributed by atoms with van der Waals surface area (Å²) >= 11 is 12.3. The molecule has 0 aliphatic carbocycles. The second-order valence-corrected chi connectivity index (χ2v) is 7.51. The van der Waals surface area contributed by atoms with E-state index in [4.69, 9.17) is 23.2 Å². The number of carbonyl (C=O) groups is 1. The Hall–Kier alpha value is -1.77. The number of aromatic amines is 1. The van der Waals surface area contributed by atoms with Crippen LogP contribution in [0, 0.1) is 0 Å². The third kappa shape index (κ3) is 2.89. The fraction of sp³-hybridized carbons (Fsp3) is 0.211. The van der Waals surface area contributed by atoms with Crippen molar-refractivity contribution in [2.24, 2.45) is 0 Å². The van der Waals surface area contributed by atoms with Crippen molar-refractivity contribution in [1.29, 1.82) is 0 Å². The first kappa shape index (κ1) is 16.1. The molecule has 0 spiro atoms. The molecule has 0 bridgehead atoms. The van der Waals surface area contributed by atoms with E-state index in [0.717, 1.165) is 23.1 Å². The van der Waals surface area contributed by atoms with Crippen LogP contribution in [-0.4, -0.2) is 11.3 Å². The number of hydrogen-bond acceptors (Lipinski definition) is 1. The zero-order chi connectivity index (χ0) is 16.8. The predicted molar refractivity (Wildman–Crippen MR) is 97.8 cm³/mol. The number of benzene rings is 2. The molecule has 0 fully saturated rings. The third-order valence-corrected chi connectivity index (χ3v) is 4.53. The van der Waals surface area contributed by atoms with Crippen LogP contribution in [-0.2, 0) is 5.41 Å². The molecule has 1 N–H and O–H groups in total. The van der Waals surface area contributed by atoms with Crippen molar-refractivity contribution in [3.63, 3.8) is 0 Å². The lowest BCUT2D eigenvalue weighted by molar-refractivity contribution is 0.112. The molecular weight excluding hydrogens is 329 g/mol. The Kier molecular flexibility index (Phi) is 3.99. The summed E-state index contributed by atoms with van der Waals surface area (Å²) in [6.07, 6.45) is 0.839. The maximum Gasteiger partial charge on any atom is 0.152 e. The second-order valence-electron chi connectivity index (χ2n) is 6.67. The lowest BCUT2D eigenvalue weighted by atomic mass is 9.86.